The molecule has 0 aliphatic rings. The van der Waals surface area contributed by atoms with Crippen molar-refractivity contribution < 1.29 is 9.63 Å². The number of hydrogen-bond acceptors (Lipinski definition) is 2. The van der Waals surface area contributed by atoms with Crippen molar-refractivity contribution in [1.29, 1.82) is 0 Å². The molecule has 13 heavy (non-hydrogen) atoms. The molecule has 0 aliphatic heterocycles. The average molecular weight is 200 g/mol. The molecule has 0 saturated carbocycles. The molecular weight excluding hydrogens is 190 g/mol. The van der Waals surface area contributed by atoms with E-state index in [0.29, 0.717) is 11.4 Å². The number of amides is 1. The number of hydroxylamine groups is 1. The van der Waals surface area contributed by atoms with Crippen molar-refractivity contribution in [3.8, 4) is 0 Å². The topological polar surface area (TPSA) is 38.3 Å². The van der Waals surface area contributed by atoms with Gasteiger partial charge in [0.15, 0.2) is 0 Å². The number of benzene rings is 1. The monoisotopic (exact) mass is 199 g/mol. The van der Waals surface area contributed by atoms with Gasteiger partial charge in [-0.2, -0.15) is 0 Å². The van der Waals surface area contributed by atoms with Crippen LogP contribution in [0.15, 0.2) is 24.3 Å². The molecule has 1 N–H and O–H groups in total. The molecule has 70 valence electrons. The Kier molecular flexibility index (Phi) is 3.73. The van der Waals surface area contributed by atoms with E-state index in [9.17, 15) is 4.79 Å². The summed E-state index contributed by atoms with van der Waals surface area (Å²) in [6.45, 7) is 0. The molecule has 1 rings (SSSR count). The molecule has 0 saturated heterocycles. The lowest BCUT2D eigenvalue weighted by Crippen LogP contribution is -2.23. The quantitative estimate of drug-likeness (QED) is 0.751. The van der Waals surface area contributed by atoms with E-state index in [4.69, 9.17) is 11.6 Å². The first-order chi connectivity index (χ1) is 6.22. The fourth-order valence-electron chi connectivity index (χ4n) is 0.938. The molecule has 0 fully saturated rings. The Morgan fingerprint density at radius 3 is 2.62 bits per heavy atom. The smallest absolute Gasteiger partial charge is 0.247 e. The Balaban J connectivity index is 2.54. The summed E-state index contributed by atoms with van der Waals surface area (Å²) in [5, 5.41) is 0.663. The van der Waals surface area contributed by atoms with Gasteiger partial charge in [-0.25, -0.2) is 5.48 Å². The van der Waals surface area contributed by atoms with Crippen LogP contribution in [-0.2, 0) is 16.1 Å². The van der Waals surface area contributed by atoms with Gasteiger partial charge in [-0.15, -0.1) is 0 Å². The second-order valence-corrected chi connectivity index (χ2v) is 2.97. The van der Waals surface area contributed by atoms with E-state index in [1.54, 1.807) is 24.3 Å². The molecule has 0 atom stereocenters. The summed E-state index contributed by atoms with van der Waals surface area (Å²) in [5.74, 6) is -0.176. The summed E-state index contributed by atoms with van der Waals surface area (Å²) in [5.41, 5.74) is 3.14. The molecule has 0 heterocycles. The van der Waals surface area contributed by atoms with Crippen molar-refractivity contribution in [2.75, 3.05) is 7.11 Å². The van der Waals surface area contributed by atoms with Crippen molar-refractivity contribution in [3.63, 3.8) is 0 Å². The number of carbonyl (C=O) groups excluding carboxylic acids is 1. The highest BCUT2D eigenvalue weighted by Crippen LogP contribution is 2.09. The van der Waals surface area contributed by atoms with Crippen LogP contribution in [0, 0.1) is 0 Å². The number of hydrogen-bond donors (Lipinski definition) is 1. The van der Waals surface area contributed by atoms with E-state index < -0.39 is 0 Å². The highest BCUT2D eigenvalue weighted by molar-refractivity contribution is 6.30. The van der Waals surface area contributed by atoms with Crippen molar-refractivity contribution in [1.82, 2.24) is 5.48 Å². The Bertz CT molecular complexity index is 284. The van der Waals surface area contributed by atoms with E-state index in [1.165, 1.54) is 7.11 Å². The predicted molar refractivity (Wildman–Crippen MR) is 50.3 cm³/mol. The molecule has 0 bridgehead atoms. The van der Waals surface area contributed by atoms with Crippen LogP contribution in [0.3, 0.4) is 0 Å². The van der Waals surface area contributed by atoms with E-state index >= 15 is 0 Å². The third kappa shape index (κ3) is 3.44. The van der Waals surface area contributed by atoms with Gasteiger partial charge in [-0.1, -0.05) is 23.7 Å². The molecule has 1 amide bonds. The van der Waals surface area contributed by atoms with Crippen LogP contribution < -0.4 is 5.48 Å². The highest BCUT2D eigenvalue weighted by atomic mass is 35.5. The summed E-state index contributed by atoms with van der Waals surface area (Å²) in [6.07, 6.45) is 0.297. The lowest BCUT2D eigenvalue weighted by molar-refractivity contribution is -0.130. The zero-order chi connectivity index (χ0) is 9.68. The Morgan fingerprint density at radius 1 is 1.46 bits per heavy atom. The molecule has 1 aromatic carbocycles. The van der Waals surface area contributed by atoms with Gasteiger partial charge < -0.3 is 0 Å². The van der Waals surface area contributed by atoms with Crippen molar-refractivity contribution in [2.45, 2.75) is 6.42 Å². The molecule has 4 heteroatoms. The molecule has 3 nitrogen and oxygen atoms in total. The van der Waals surface area contributed by atoms with Crippen LogP contribution in [0.1, 0.15) is 5.56 Å². The Hall–Kier alpha value is -1.06. The average Bonchev–Trinajstić information content (AvgIpc) is 2.09. The molecule has 0 spiro atoms. The molecule has 1 aromatic rings. The fourth-order valence-corrected chi connectivity index (χ4v) is 1.06. The second-order valence-electron chi connectivity index (χ2n) is 2.53. The minimum absolute atomic E-state index is 0.176. The zero-order valence-corrected chi connectivity index (χ0v) is 7.97. The lowest BCUT2D eigenvalue weighted by Gasteiger charge is -2.01. The van der Waals surface area contributed by atoms with Gasteiger partial charge in [-0.3, -0.25) is 9.63 Å². The van der Waals surface area contributed by atoms with Gasteiger partial charge in [-0.05, 0) is 17.7 Å². The van der Waals surface area contributed by atoms with Crippen molar-refractivity contribution in [2.24, 2.45) is 0 Å². The first kappa shape index (κ1) is 10.0. The van der Waals surface area contributed by atoms with E-state index in [0.717, 1.165) is 5.56 Å². The number of nitrogens with one attached hydrogen (secondary N) is 1. The van der Waals surface area contributed by atoms with E-state index in [-0.39, 0.29) is 5.91 Å². The largest absolute Gasteiger partial charge is 0.277 e. The lowest BCUT2D eigenvalue weighted by atomic mass is 10.1. The summed E-state index contributed by atoms with van der Waals surface area (Å²) in [4.78, 5) is 15.5. The first-order valence-corrected chi connectivity index (χ1v) is 4.16. The third-order valence-electron chi connectivity index (χ3n) is 1.49. The standard InChI is InChI=1S/C9H10ClNO2/c1-13-11-9(12)6-7-2-4-8(10)5-3-7/h2-5H,6H2,1H3,(H,11,12). The summed E-state index contributed by atoms with van der Waals surface area (Å²) < 4.78 is 0. The maximum absolute atomic E-state index is 11.0. The molecule has 0 unspecified atom stereocenters. The van der Waals surface area contributed by atoms with Crippen LogP contribution >= 0.6 is 11.6 Å². The van der Waals surface area contributed by atoms with Gasteiger partial charge >= 0.3 is 0 Å². The van der Waals surface area contributed by atoms with Crippen LogP contribution in [0.4, 0.5) is 0 Å². The Morgan fingerprint density at radius 2 is 2.08 bits per heavy atom. The molecule has 0 radical (unpaired) electrons. The number of halogens is 1. The summed E-state index contributed by atoms with van der Waals surface area (Å²) in [7, 11) is 1.40. The first-order valence-electron chi connectivity index (χ1n) is 3.78. The minimum Gasteiger partial charge on any atom is -0.277 e. The van der Waals surface area contributed by atoms with Gasteiger partial charge in [0.25, 0.3) is 0 Å². The third-order valence-corrected chi connectivity index (χ3v) is 1.75. The van der Waals surface area contributed by atoms with Crippen LogP contribution in [-0.4, -0.2) is 13.0 Å². The van der Waals surface area contributed by atoms with E-state index in [2.05, 4.69) is 10.3 Å². The second kappa shape index (κ2) is 4.84. The zero-order valence-electron chi connectivity index (χ0n) is 7.21. The maximum atomic E-state index is 11.0. The molecule has 0 aliphatic carbocycles. The van der Waals surface area contributed by atoms with Crippen molar-refractivity contribution >= 4 is 17.5 Å². The highest BCUT2D eigenvalue weighted by Gasteiger charge is 2.01. The fraction of sp³-hybridized carbons (Fsp3) is 0.222. The van der Waals surface area contributed by atoms with Gasteiger partial charge in [0, 0.05) is 5.02 Å². The number of rotatable bonds is 3. The van der Waals surface area contributed by atoms with Crippen LogP contribution in [0.5, 0.6) is 0 Å². The summed E-state index contributed by atoms with van der Waals surface area (Å²) in [6, 6.07) is 7.10. The predicted octanol–water partition coefficient (Wildman–Crippen LogP) is 1.56. The van der Waals surface area contributed by atoms with Gasteiger partial charge in [0.05, 0.1) is 13.5 Å². The summed E-state index contributed by atoms with van der Waals surface area (Å²) >= 11 is 5.68. The maximum Gasteiger partial charge on any atom is 0.247 e. The Labute approximate surface area is 81.6 Å². The van der Waals surface area contributed by atoms with E-state index in [1.807, 2.05) is 0 Å². The minimum atomic E-state index is -0.176. The molecule has 0 aromatic heterocycles. The van der Waals surface area contributed by atoms with Gasteiger partial charge in [0.2, 0.25) is 5.91 Å². The van der Waals surface area contributed by atoms with Gasteiger partial charge in [0.1, 0.15) is 0 Å². The van der Waals surface area contributed by atoms with Crippen molar-refractivity contribution in [3.05, 3.63) is 34.9 Å². The molecular formula is C9H10ClNO2. The van der Waals surface area contributed by atoms with Crippen LogP contribution in [0.2, 0.25) is 5.02 Å². The SMILES string of the molecule is CONC(=O)Cc1ccc(Cl)cc1. The number of carbonyl (C=O) groups is 1. The van der Waals surface area contributed by atoms with Crippen LogP contribution in [0.25, 0.3) is 0 Å². The normalized spacial score (nSPS) is 9.69.